The molecule has 2 rings (SSSR count). The monoisotopic (exact) mass is 290 g/mol. The molecule has 2 amide bonds. The van der Waals surface area contributed by atoms with Gasteiger partial charge in [0.2, 0.25) is 11.8 Å². The highest BCUT2D eigenvalue weighted by Crippen LogP contribution is 2.23. The van der Waals surface area contributed by atoms with E-state index in [-0.39, 0.29) is 13.1 Å². The summed E-state index contributed by atoms with van der Waals surface area (Å²) in [6.45, 7) is 4.62. The van der Waals surface area contributed by atoms with Crippen molar-refractivity contribution in [3.63, 3.8) is 0 Å². The molecule has 0 spiro atoms. The molecule has 0 aliphatic carbocycles. The van der Waals surface area contributed by atoms with Crippen LogP contribution in [0.15, 0.2) is 24.3 Å². The number of amides is 2. The Morgan fingerprint density at radius 2 is 1.76 bits per heavy atom. The molecule has 1 aromatic rings. The number of rotatable bonds is 3. The molecule has 0 atom stereocenters. The summed E-state index contributed by atoms with van der Waals surface area (Å²) in [5.41, 5.74) is 0.275. The molecule has 0 aromatic heterocycles. The Bertz CT molecular complexity index is 591. The van der Waals surface area contributed by atoms with Crippen LogP contribution in [-0.2, 0) is 14.4 Å². The largest absolute Gasteiger partial charge is 0.480 e. The molecule has 1 fully saturated rings. The number of hydrogen-bond acceptors (Lipinski definition) is 4. The summed E-state index contributed by atoms with van der Waals surface area (Å²) in [7, 11) is 0. The fourth-order valence-corrected chi connectivity index (χ4v) is 2.39. The molecule has 0 unspecified atom stereocenters. The second-order valence-electron chi connectivity index (χ2n) is 5.68. The predicted molar refractivity (Wildman–Crippen MR) is 77.0 cm³/mol. The number of aryl methyl sites for hydroxylation is 1. The molecule has 6 nitrogen and oxygen atoms in total. The molecule has 6 heteroatoms. The maximum Gasteiger partial charge on any atom is 0.329 e. The molecule has 1 saturated heterocycles. The van der Waals surface area contributed by atoms with Crippen LogP contribution in [0.2, 0.25) is 0 Å². The average molecular weight is 290 g/mol. The van der Waals surface area contributed by atoms with Crippen LogP contribution in [0, 0.1) is 6.92 Å². The van der Waals surface area contributed by atoms with Gasteiger partial charge in [0, 0.05) is 5.69 Å². The topological polar surface area (TPSA) is 77.9 Å². The van der Waals surface area contributed by atoms with Gasteiger partial charge in [-0.3, -0.25) is 14.5 Å². The molecule has 1 N–H and O–H groups in total. The number of piperazine rings is 1. The lowest BCUT2D eigenvalue weighted by molar-refractivity contribution is -0.164. The second-order valence-corrected chi connectivity index (χ2v) is 5.68. The van der Waals surface area contributed by atoms with E-state index >= 15 is 0 Å². The zero-order chi connectivity index (χ0) is 15.8. The Hall–Kier alpha value is -2.37. The molecule has 21 heavy (non-hydrogen) atoms. The van der Waals surface area contributed by atoms with Crippen LogP contribution in [0.3, 0.4) is 0 Å². The minimum atomic E-state index is -1.53. The van der Waals surface area contributed by atoms with E-state index in [1.165, 1.54) is 13.8 Å². The van der Waals surface area contributed by atoms with E-state index in [9.17, 15) is 19.5 Å². The molecule has 0 saturated carbocycles. The van der Waals surface area contributed by atoms with E-state index in [2.05, 4.69) is 0 Å². The lowest BCUT2D eigenvalue weighted by Gasteiger charge is -2.40. The van der Waals surface area contributed by atoms with Crippen molar-refractivity contribution in [2.45, 2.75) is 26.3 Å². The van der Waals surface area contributed by atoms with Gasteiger partial charge in [-0.25, -0.2) is 4.79 Å². The van der Waals surface area contributed by atoms with Crippen LogP contribution < -0.4 is 4.90 Å². The summed E-state index contributed by atoms with van der Waals surface area (Å²) in [6.07, 6.45) is 0. The van der Waals surface area contributed by atoms with Gasteiger partial charge in [0.25, 0.3) is 0 Å². The van der Waals surface area contributed by atoms with Gasteiger partial charge in [0.05, 0.1) is 13.1 Å². The van der Waals surface area contributed by atoms with Crippen molar-refractivity contribution in [1.29, 1.82) is 0 Å². The molecular formula is C15H18N2O4. The molecule has 1 aliphatic heterocycles. The summed E-state index contributed by atoms with van der Waals surface area (Å²) >= 11 is 0. The first-order valence-corrected chi connectivity index (χ1v) is 6.64. The van der Waals surface area contributed by atoms with Crippen molar-refractivity contribution in [1.82, 2.24) is 4.90 Å². The number of benzene rings is 1. The first kappa shape index (κ1) is 15.0. The highest BCUT2D eigenvalue weighted by molar-refractivity contribution is 6.06. The second kappa shape index (κ2) is 5.20. The number of nitrogens with zero attached hydrogens (tertiary/aromatic N) is 2. The van der Waals surface area contributed by atoms with Crippen molar-refractivity contribution in [2.75, 3.05) is 18.0 Å². The first-order chi connectivity index (χ1) is 9.73. The summed E-state index contributed by atoms with van der Waals surface area (Å²) in [5.74, 6) is -2.20. The van der Waals surface area contributed by atoms with Crippen molar-refractivity contribution < 1.29 is 19.5 Å². The van der Waals surface area contributed by atoms with Gasteiger partial charge in [-0.2, -0.15) is 0 Å². The van der Waals surface area contributed by atoms with E-state index in [4.69, 9.17) is 0 Å². The standard InChI is InChI=1S/C15H18N2O4/c1-10-5-4-6-11(7-10)16-8-12(18)17(13(19)9-16)15(2,3)14(20)21/h4-7H,8-9H2,1-3H3,(H,20,21). The fraction of sp³-hybridized carbons (Fsp3) is 0.400. The Labute approximate surface area is 123 Å². The summed E-state index contributed by atoms with van der Waals surface area (Å²) in [4.78, 5) is 38.2. The molecule has 112 valence electrons. The van der Waals surface area contributed by atoms with Crippen molar-refractivity contribution in [3.05, 3.63) is 29.8 Å². The predicted octanol–water partition coefficient (Wildman–Crippen LogP) is 1.03. The molecule has 1 heterocycles. The third-order valence-corrected chi connectivity index (χ3v) is 3.60. The van der Waals surface area contributed by atoms with E-state index in [0.717, 1.165) is 16.2 Å². The number of carbonyl (C=O) groups excluding carboxylic acids is 2. The molecule has 1 aliphatic rings. The third-order valence-electron chi connectivity index (χ3n) is 3.60. The zero-order valence-electron chi connectivity index (χ0n) is 12.3. The first-order valence-electron chi connectivity index (χ1n) is 6.64. The highest BCUT2D eigenvalue weighted by atomic mass is 16.4. The van der Waals surface area contributed by atoms with Gasteiger partial charge >= 0.3 is 5.97 Å². The quantitative estimate of drug-likeness (QED) is 0.841. The van der Waals surface area contributed by atoms with Crippen molar-refractivity contribution >= 4 is 23.5 Å². The lowest BCUT2D eigenvalue weighted by atomic mass is 10.0. The molecule has 0 bridgehead atoms. The number of carboxylic acid groups (broad SMARTS) is 1. The Balaban J connectivity index is 2.26. The van der Waals surface area contributed by atoms with Gasteiger partial charge in [-0.05, 0) is 38.5 Å². The lowest BCUT2D eigenvalue weighted by Crippen LogP contribution is -2.63. The van der Waals surface area contributed by atoms with Crippen LogP contribution >= 0.6 is 0 Å². The maximum absolute atomic E-state index is 12.2. The SMILES string of the molecule is Cc1cccc(N2CC(=O)N(C(C)(C)C(=O)O)C(=O)C2)c1. The summed E-state index contributed by atoms with van der Waals surface area (Å²) < 4.78 is 0. The van der Waals surface area contributed by atoms with Crippen LogP contribution in [0.5, 0.6) is 0 Å². The normalized spacial score (nSPS) is 16.3. The highest BCUT2D eigenvalue weighted by Gasteiger charge is 2.45. The third kappa shape index (κ3) is 2.74. The summed E-state index contributed by atoms with van der Waals surface area (Å²) in [5, 5.41) is 9.19. The van der Waals surface area contributed by atoms with E-state index in [1.807, 2.05) is 31.2 Å². The number of aliphatic carboxylic acids is 1. The number of anilines is 1. The smallest absolute Gasteiger partial charge is 0.329 e. The van der Waals surface area contributed by atoms with Gasteiger partial charge < -0.3 is 10.0 Å². The molecular weight excluding hydrogens is 272 g/mol. The van der Waals surface area contributed by atoms with Gasteiger partial charge in [0.15, 0.2) is 0 Å². The zero-order valence-corrected chi connectivity index (χ0v) is 12.3. The van der Waals surface area contributed by atoms with Crippen molar-refractivity contribution in [3.8, 4) is 0 Å². The van der Waals surface area contributed by atoms with Crippen molar-refractivity contribution in [2.24, 2.45) is 0 Å². The van der Waals surface area contributed by atoms with Gasteiger partial charge in [-0.15, -0.1) is 0 Å². The van der Waals surface area contributed by atoms with Crippen LogP contribution in [0.1, 0.15) is 19.4 Å². The summed E-state index contributed by atoms with van der Waals surface area (Å²) in [6, 6.07) is 7.49. The Morgan fingerprint density at radius 1 is 1.19 bits per heavy atom. The van der Waals surface area contributed by atoms with E-state index in [0.29, 0.717) is 0 Å². The fourth-order valence-electron chi connectivity index (χ4n) is 2.39. The maximum atomic E-state index is 12.2. The minimum absolute atomic E-state index is 0.00803. The van der Waals surface area contributed by atoms with Gasteiger partial charge in [-0.1, -0.05) is 12.1 Å². The van der Waals surface area contributed by atoms with E-state index < -0.39 is 23.3 Å². The Morgan fingerprint density at radius 3 is 2.24 bits per heavy atom. The number of carbonyl (C=O) groups is 3. The number of imide groups is 1. The molecule has 1 aromatic carbocycles. The number of carboxylic acids is 1. The van der Waals surface area contributed by atoms with E-state index in [1.54, 1.807) is 4.90 Å². The van der Waals surface area contributed by atoms with Crippen LogP contribution in [0.25, 0.3) is 0 Å². The molecule has 0 radical (unpaired) electrons. The van der Waals surface area contributed by atoms with Crippen LogP contribution in [-0.4, -0.2) is 46.4 Å². The number of hydrogen-bond donors (Lipinski definition) is 1. The Kier molecular flexibility index (Phi) is 3.72. The van der Waals surface area contributed by atoms with Gasteiger partial charge in [0.1, 0.15) is 5.54 Å². The minimum Gasteiger partial charge on any atom is -0.480 e. The van der Waals surface area contributed by atoms with Crippen LogP contribution in [0.4, 0.5) is 5.69 Å². The average Bonchev–Trinajstić information content (AvgIpc) is 2.37.